The molecule has 0 spiro atoms. The molecule has 6 nitrogen and oxygen atoms in total. The predicted molar refractivity (Wildman–Crippen MR) is 97.9 cm³/mol. The Morgan fingerprint density at radius 3 is 2.62 bits per heavy atom. The van der Waals surface area contributed by atoms with E-state index in [0.29, 0.717) is 35.5 Å². The van der Waals surface area contributed by atoms with Crippen LogP contribution < -0.4 is 10.1 Å². The van der Waals surface area contributed by atoms with E-state index in [9.17, 15) is 4.79 Å². The Morgan fingerprint density at radius 1 is 1.15 bits per heavy atom. The lowest BCUT2D eigenvalue weighted by Gasteiger charge is -2.08. The SMILES string of the molecule is CCc1nnc(-c2ccc(OCC(=O)NCc3ccccc3Cl)cc2)o1. The third-order valence-corrected chi connectivity index (χ3v) is 4.04. The summed E-state index contributed by atoms with van der Waals surface area (Å²) in [7, 11) is 0. The van der Waals surface area contributed by atoms with E-state index in [0.717, 1.165) is 11.1 Å². The third-order valence-electron chi connectivity index (χ3n) is 3.67. The van der Waals surface area contributed by atoms with Gasteiger partial charge in [-0.2, -0.15) is 0 Å². The van der Waals surface area contributed by atoms with Gasteiger partial charge < -0.3 is 14.5 Å². The van der Waals surface area contributed by atoms with Crippen LogP contribution in [0.25, 0.3) is 11.5 Å². The van der Waals surface area contributed by atoms with Crippen molar-refractivity contribution in [2.24, 2.45) is 0 Å². The van der Waals surface area contributed by atoms with Gasteiger partial charge >= 0.3 is 0 Å². The van der Waals surface area contributed by atoms with Crippen molar-refractivity contribution in [3.05, 3.63) is 65.0 Å². The van der Waals surface area contributed by atoms with Crippen LogP contribution in [0.5, 0.6) is 5.75 Å². The second-order valence-corrected chi connectivity index (χ2v) is 5.94. The van der Waals surface area contributed by atoms with Crippen molar-refractivity contribution in [3.8, 4) is 17.2 Å². The molecule has 0 unspecified atom stereocenters. The van der Waals surface area contributed by atoms with Gasteiger partial charge in [-0.1, -0.05) is 36.7 Å². The van der Waals surface area contributed by atoms with E-state index in [1.165, 1.54) is 0 Å². The molecule has 1 N–H and O–H groups in total. The molecular weight excluding hydrogens is 354 g/mol. The maximum absolute atomic E-state index is 11.9. The molecule has 0 fully saturated rings. The van der Waals surface area contributed by atoms with Crippen molar-refractivity contribution >= 4 is 17.5 Å². The molecule has 0 radical (unpaired) electrons. The van der Waals surface area contributed by atoms with Crippen molar-refractivity contribution in [2.45, 2.75) is 19.9 Å². The van der Waals surface area contributed by atoms with Crippen molar-refractivity contribution in [1.82, 2.24) is 15.5 Å². The van der Waals surface area contributed by atoms with Gasteiger partial charge in [0.2, 0.25) is 11.8 Å². The highest BCUT2D eigenvalue weighted by Crippen LogP contribution is 2.21. The molecule has 0 saturated carbocycles. The number of amides is 1. The minimum Gasteiger partial charge on any atom is -0.484 e. The van der Waals surface area contributed by atoms with Crippen LogP contribution in [-0.4, -0.2) is 22.7 Å². The molecule has 0 atom stereocenters. The van der Waals surface area contributed by atoms with Gasteiger partial charge in [-0.25, -0.2) is 0 Å². The molecule has 26 heavy (non-hydrogen) atoms. The first kappa shape index (κ1) is 17.9. The number of nitrogens with one attached hydrogen (secondary N) is 1. The van der Waals surface area contributed by atoms with Crippen LogP contribution in [0.3, 0.4) is 0 Å². The summed E-state index contributed by atoms with van der Waals surface area (Å²) in [4.78, 5) is 11.9. The zero-order valence-electron chi connectivity index (χ0n) is 14.2. The van der Waals surface area contributed by atoms with E-state index in [1.54, 1.807) is 18.2 Å². The van der Waals surface area contributed by atoms with Gasteiger partial charge in [0, 0.05) is 23.6 Å². The summed E-state index contributed by atoms with van der Waals surface area (Å²) in [5.41, 5.74) is 1.66. The molecule has 0 bridgehead atoms. The van der Waals surface area contributed by atoms with Gasteiger partial charge in [0.1, 0.15) is 5.75 Å². The van der Waals surface area contributed by atoms with Crippen LogP contribution in [0.2, 0.25) is 5.02 Å². The molecule has 0 aliphatic heterocycles. The summed E-state index contributed by atoms with van der Waals surface area (Å²) in [5.74, 6) is 1.41. The molecule has 0 aliphatic rings. The summed E-state index contributed by atoms with van der Waals surface area (Å²) in [6, 6.07) is 14.5. The van der Waals surface area contributed by atoms with Crippen LogP contribution in [0.1, 0.15) is 18.4 Å². The fourth-order valence-electron chi connectivity index (χ4n) is 2.24. The van der Waals surface area contributed by atoms with Crippen molar-refractivity contribution < 1.29 is 13.9 Å². The number of aromatic nitrogens is 2. The van der Waals surface area contributed by atoms with Gasteiger partial charge in [0.05, 0.1) is 0 Å². The Balaban J connectivity index is 1.50. The minimum atomic E-state index is -0.224. The lowest BCUT2D eigenvalue weighted by molar-refractivity contribution is -0.123. The van der Waals surface area contributed by atoms with Gasteiger partial charge in [-0.05, 0) is 35.9 Å². The van der Waals surface area contributed by atoms with Crippen LogP contribution in [-0.2, 0) is 17.8 Å². The van der Waals surface area contributed by atoms with E-state index in [1.807, 2.05) is 37.3 Å². The maximum atomic E-state index is 11.9. The molecule has 2 aromatic carbocycles. The summed E-state index contributed by atoms with van der Waals surface area (Å²) in [6.45, 7) is 2.23. The average Bonchev–Trinajstić information content (AvgIpc) is 3.15. The van der Waals surface area contributed by atoms with Crippen LogP contribution in [0.4, 0.5) is 0 Å². The Hall–Kier alpha value is -2.86. The van der Waals surface area contributed by atoms with E-state index in [2.05, 4.69) is 15.5 Å². The number of halogens is 1. The van der Waals surface area contributed by atoms with E-state index >= 15 is 0 Å². The van der Waals surface area contributed by atoms with Crippen LogP contribution >= 0.6 is 11.6 Å². The number of carbonyl (C=O) groups is 1. The van der Waals surface area contributed by atoms with Gasteiger partial charge in [-0.15, -0.1) is 10.2 Å². The molecule has 3 rings (SSSR count). The molecule has 0 saturated heterocycles. The van der Waals surface area contributed by atoms with Gasteiger partial charge in [-0.3, -0.25) is 4.79 Å². The minimum absolute atomic E-state index is 0.0790. The zero-order valence-corrected chi connectivity index (χ0v) is 15.0. The van der Waals surface area contributed by atoms with E-state index in [4.69, 9.17) is 20.8 Å². The fourth-order valence-corrected chi connectivity index (χ4v) is 2.44. The van der Waals surface area contributed by atoms with E-state index < -0.39 is 0 Å². The second kappa shape index (κ2) is 8.49. The standard InChI is InChI=1S/C19H18ClN3O3/c1-2-18-22-23-19(26-18)13-7-9-15(10-8-13)25-12-17(24)21-11-14-5-3-4-6-16(14)20/h3-10H,2,11-12H2,1H3,(H,21,24). The van der Waals surface area contributed by atoms with Gasteiger partial charge in [0.25, 0.3) is 5.91 Å². The van der Waals surface area contributed by atoms with Crippen molar-refractivity contribution in [2.75, 3.05) is 6.61 Å². The molecule has 1 heterocycles. The number of ether oxygens (including phenoxy) is 1. The molecule has 1 aromatic heterocycles. The smallest absolute Gasteiger partial charge is 0.258 e. The van der Waals surface area contributed by atoms with Crippen molar-refractivity contribution in [3.63, 3.8) is 0 Å². The fraction of sp³-hybridized carbons (Fsp3) is 0.211. The number of carbonyl (C=O) groups excluding carboxylic acids is 1. The molecule has 0 aliphatic carbocycles. The Bertz CT molecular complexity index is 878. The van der Waals surface area contributed by atoms with Crippen LogP contribution in [0.15, 0.2) is 52.9 Å². The monoisotopic (exact) mass is 371 g/mol. The number of benzene rings is 2. The van der Waals surface area contributed by atoms with Crippen molar-refractivity contribution in [1.29, 1.82) is 0 Å². The third kappa shape index (κ3) is 4.61. The number of rotatable bonds is 7. The lowest BCUT2D eigenvalue weighted by atomic mass is 10.2. The Morgan fingerprint density at radius 2 is 1.92 bits per heavy atom. The quantitative estimate of drug-likeness (QED) is 0.686. The summed E-state index contributed by atoms with van der Waals surface area (Å²) in [6.07, 6.45) is 0.692. The summed E-state index contributed by atoms with van der Waals surface area (Å²) < 4.78 is 11.0. The normalized spacial score (nSPS) is 10.5. The number of hydrogen-bond acceptors (Lipinski definition) is 5. The topological polar surface area (TPSA) is 77.2 Å². The van der Waals surface area contributed by atoms with Crippen LogP contribution in [0, 0.1) is 0 Å². The highest BCUT2D eigenvalue weighted by atomic mass is 35.5. The highest BCUT2D eigenvalue weighted by Gasteiger charge is 2.08. The Kier molecular flexibility index (Phi) is 5.86. The summed E-state index contributed by atoms with van der Waals surface area (Å²) in [5, 5.41) is 11.3. The van der Waals surface area contributed by atoms with Gasteiger partial charge in [0.15, 0.2) is 6.61 Å². The number of aryl methyl sites for hydroxylation is 1. The lowest BCUT2D eigenvalue weighted by Crippen LogP contribution is -2.28. The number of hydrogen-bond donors (Lipinski definition) is 1. The first-order valence-electron chi connectivity index (χ1n) is 8.21. The highest BCUT2D eigenvalue weighted by molar-refractivity contribution is 6.31. The predicted octanol–water partition coefficient (Wildman–Crippen LogP) is 3.65. The first-order valence-corrected chi connectivity index (χ1v) is 8.59. The first-order chi connectivity index (χ1) is 12.7. The molecule has 1 amide bonds. The maximum Gasteiger partial charge on any atom is 0.258 e. The molecule has 7 heteroatoms. The molecular formula is C19H18ClN3O3. The number of nitrogens with zero attached hydrogens (tertiary/aromatic N) is 2. The molecule has 3 aromatic rings. The Labute approximate surface area is 156 Å². The summed E-state index contributed by atoms with van der Waals surface area (Å²) >= 11 is 6.06. The zero-order chi connectivity index (χ0) is 18.4. The average molecular weight is 372 g/mol. The second-order valence-electron chi connectivity index (χ2n) is 5.54. The molecule has 134 valence electrons. The van der Waals surface area contributed by atoms with E-state index in [-0.39, 0.29) is 12.5 Å². The largest absolute Gasteiger partial charge is 0.484 e.